The fourth-order valence-electron chi connectivity index (χ4n) is 2.75. The Hall–Kier alpha value is -1.45. The molecule has 0 unspecified atom stereocenters. The van der Waals surface area contributed by atoms with Gasteiger partial charge in [-0.2, -0.15) is 11.8 Å². The smallest absolute Gasteiger partial charge is 0.303 e. The van der Waals surface area contributed by atoms with Gasteiger partial charge in [0, 0.05) is 38.0 Å². The molecule has 1 saturated heterocycles. The molecule has 2 N–H and O–H groups in total. The molecule has 0 aliphatic carbocycles. The van der Waals surface area contributed by atoms with Crippen LogP contribution in [0.5, 0.6) is 0 Å². The second kappa shape index (κ2) is 12.8. The maximum atomic E-state index is 12.1. The van der Waals surface area contributed by atoms with Crippen LogP contribution in [-0.2, 0) is 9.59 Å². The lowest BCUT2D eigenvalue weighted by molar-refractivity contribution is -0.137. The zero-order valence-electron chi connectivity index (χ0n) is 15.8. The number of likely N-dealkylation sites (tertiary alicyclic amines) is 1. The molecule has 0 radical (unpaired) electrons. The van der Waals surface area contributed by atoms with Crippen LogP contribution < -0.4 is 0 Å². The zero-order chi connectivity index (χ0) is 19.4. The molecule has 5 nitrogen and oxygen atoms in total. The van der Waals surface area contributed by atoms with Crippen LogP contribution in [0.15, 0.2) is 12.2 Å². The van der Waals surface area contributed by atoms with Gasteiger partial charge in [-0.1, -0.05) is 26.0 Å². The van der Waals surface area contributed by atoms with E-state index in [0.717, 1.165) is 24.3 Å². The summed E-state index contributed by atoms with van der Waals surface area (Å²) in [4.78, 5) is 24.4. The molecule has 0 bridgehead atoms. The van der Waals surface area contributed by atoms with Crippen molar-refractivity contribution >= 4 is 23.6 Å². The topological polar surface area (TPSA) is 77.8 Å². The molecule has 1 rings (SSSR count). The van der Waals surface area contributed by atoms with Gasteiger partial charge in [0.15, 0.2) is 0 Å². The molecule has 1 aliphatic heterocycles. The minimum absolute atomic E-state index is 0.0469. The van der Waals surface area contributed by atoms with Gasteiger partial charge in [-0.05, 0) is 24.5 Å². The van der Waals surface area contributed by atoms with Gasteiger partial charge >= 0.3 is 5.97 Å². The third-order valence-electron chi connectivity index (χ3n) is 4.37. The number of thioether (sulfide) groups is 1. The van der Waals surface area contributed by atoms with Crippen LogP contribution in [0.1, 0.15) is 52.4 Å². The van der Waals surface area contributed by atoms with Gasteiger partial charge < -0.3 is 15.1 Å². The standard InChI is InChI=1S/C20H31NO4S/c1-3-4-5-7-16(2)18(22)11-9-17-10-12-19(23)21(17)13-15-26-14-6-8-20(24)25/h9,11,16-18,22H,3,6-8,10,12-15H2,1-2H3,(H,24,25)/t16-,17-,18+/m0/s1. The number of hydrogen-bond donors (Lipinski definition) is 2. The lowest BCUT2D eigenvalue weighted by Gasteiger charge is -2.23. The molecule has 1 heterocycles. The van der Waals surface area contributed by atoms with E-state index in [1.54, 1.807) is 17.8 Å². The fourth-order valence-corrected chi connectivity index (χ4v) is 3.63. The van der Waals surface area contributed by atoms with Crippen LogP contribution in [0.3, 0.4) is 0 Å². The molecule has 0 saturated carbocycles. The van der Waals surface area contributed by atoms with Crippen molar-refractivity contribution in [3.8, 4) is 11.8 Å². The average Bonchev–Trinajstić information content (AvgIpc) is 2.95. The average molecular weight is 382 g/mol. The highest BCUT2D eigenvalue weighted by Crippen LogP contribution is 2.21. The van der Waals surface area contributed by atoms with Gasteiger partial charge in [0.1, 0.15) is 0 Å². The van der Waals surface area contributed by atoms with Crippen molar-refractivity contribution in [1.82, 2.24) is 4.90 Å². The van der Waals surface area contributed by atoms with E-state index >= 15 is 0 Å². The number of carbonyl (C=O) groups excluding carboxylic acids is 1. The molecule has 1 amide bonds. The molecule has 0 spiro atoms. The van der Waals surface area contributed by atoms with E-state index in [0.29, 0.717) is 25.8 Å². The number of carboxylic acids is 1. The van der Waals surface area contributed by atoms with E-state index in [2.05, 4.69) is 11.8 Å². The van der Waals surface area contributed by atoms with Gasteiger partial charge in [-0.3, -0.25) is 9.59 Å². The zero-order valence-corrected chi connectivity index (χ0v) is 16.6. The summed E-state index contributed by atoms with van der Waals surface area (Å²) in [5.41, 5.74) is 0. The maximum absolute atomic E-state index is 12.1. The predicted octanol–water partition coefficient (Wildman–Crippen LogP) is 2.93. The van der Waals surface area contributed by atoms with Crippen LogP contribution >= 0.6 is 11.8 Å². The Morgan fingerprint density at radius 1 is 1.42 bits per heavy atom. The third kappa shape index (κ3) is 8.77. The molecular weight excluding hydrogens is 350 g/mol. The minimum atomic E-state index is -0.765. The first-order valence-corrected chi connectivity index (χ1v) is 10.5. The van der Waals surface area contributed by atoms with Crippen molar-refractivity contribution in [3.05, 3.63) is 12.2 Å². The maximum Gasteiger partial charge on any atom is 0.303 e. The first kappa shape index (κ1) is 22.6. The summed E-state index contributed by atoms with van der Waals surface area (Å²) >= 11 is 1.68. The van der Waals surface area contributed by atoms with Crippen LogP contribution in [0, 0.1) is 17.8 Å². The number of aliphatic carboxylic acids is 1. The van der Waals surface area contributed by atoms with Gasteiger partial charge in [-0.25, -0.2) is 0 Å². The molecule has 1 fully saturated rings. The molecule has 0 aromatic heterocycles. The normalized spacial score (nSPS) is 19.4. The number of carboxylic acid groups (broad SMARTS) is 1. The predicted molar refractivity (Wildman–Crippen MR) is 106 cm³/mol. The van der Waals surface area contributed by atoms with Gasteiger partial charge in [0.05, 0.1) is 12.1 Å². The molecular formula is C20H31NO4S. The van der Waals surface area contributed by atoms with Crippen LogP contribution in [0.4, 0.5) is 0 Å². The summed E-state index contributed by atoms with van der Waals surface area (Å²) in [6.45, 7) is 4.65. The first-order chi connectivity index (χ1) is 12.5. The monoisotopic (exact) mass is 381 g/mol. The molecule has 6 heteroatoms. The van der Waals surface area contributed by atoms with Gasteiger partial charge in [0.2, 0.25) is 5.91 Å². The SMILES string of the molecule is CCC#CC[C@H](C)[C@H](O)C=C[C@H]1CCC(=O)N1CCSCCCC(=O)O. The lowest BCUT2D eigenvalue weighted by atomic mass is 10.00. The summed E-state index contributed by atoms with van der Waals surface area (Å²) in [6.07, 6.45) is 6.88. The van der Waals surface area contributed by atoms with Crippen molar-refractivity contribution in [2.45, 2.75) is 64.5 Å². The number of aliphatic hydroxyl groups excluding tert-OH is 1. The Bertz CT molecular complexity index is 538. The Morgan fingerprint density at radius 2 is 2.19 bits per heavy atom. The van der Waals surface area contributed by atoms with E-state index in [1.807, 2.05) is 24.8 Å². The number of nitrogens with zero attached hydrogens (tertiary/aromatic N) is 1. The third-order valence-corrected chi connectivity index (χ3v) is 5.42. The molecule has 146 valence electrons. The van der Waals surface area contributed by atoms with E-state index in [-0.39, 0.29) is 24.3 Å². The van der Waals surface area contributed by atoms with E-state index in [4.69, 9.17) is 5.11 Å². The Kier molecular flexibility index (Phi) is 11.1. The minimum Gasteiger partial charge on any atom is -0.481 e. The van der Waals surface area contributed by atoms with Gasteiger partial charge in [-0.15, -0.1) is 11.8 Å². The Morgan fingerprint density at radius 3 is 2.88 bits per heavy atom. The number of rotatable bonds is 11. The van der Waals surface area contributed by atoms with Crippen LogP contribution in [0.2, 0.25) is 0 Å². The number of aliphatic hydroxyl groups is 1. The quantitative estimate of drug-likeness (QED) is 0.327. The molecule has 0 aromatic carbocycles. The Labute approximate surface area is 161 Å². The van der Waals surface area contributed by atoms with Crippen molar-refractivity contribution < 1.29 is 19.8 Å². The van der Waals surface area contributed by atoms with E-state index in [1.165, 1.54) is 0 Å². The number of hydrogen-bond acceptors (Lipinski definition) is 4. The van der Waals surface area contributed by atoms with E-state index in [9.17, 15) is 14.7 Å². The fraction of sp³-hybridized carbons (Fsp3) is 0.700. The van der Waals surface area contributed by atoms with Crippen LogP contribution in [-0.4, -0.2) is 57.2 Å². The van der Waals surface area contributed by atoms with Crippen molar-refractivity contribution in [2.75, 3.05) is 18.1 Å². The summed E-state index contributed by atoms with van der Waals surface area (Å²) in [6, 6.07) is 0.0469. The first-order valence-electron chi connectivity index (χ1n) is 9.36. The second-order valence-corrected chi connectivity index (χ2v) is 7.79. The highest BCUT2D eigenvalue weighted by molar-refractivity contribution is 7.99. The number of carbonyl (C=O) groups is 2. The van der Waals surface area contributed by atoms with Crippen molar-refractivity contribution in [2.24, 2.45) is 5.92 Å². The molecule has 3 atom stereocenters. The highest BCUT2D eigenvalue weighted by atomic mass is 32.2. The summed E-state index contributed by atoms with van der Waals surface area (Å²) < 4.78 is 0. The van der Waals surface area contributed by atoms with Gasteiger partial charge in [0.25, 0.3) is 0 Å². The molecule has 26 heavy (non-hydrogen) atoms. The Balaban J connectivity index is 2.39. The largest absolute Gasteiger partial charge is 0.481 e. The molecule has 0 aromatic rings. The van der Waals surface area contributed by atoms with Crippen LogP contribution in [0.25, 0.3) is 0 Å². The molecule has 1 aliphatic rings. The lowest BCUT2D eigenvalue weighted by Crippen LogP contribution is -2.34. The second-order valence-electron chi connectivity index (χ2n) is 6.57. The van der Waals surface area contributed by atoms with Crippen molar-refractivity contribution in [3.63, 3.8) is 0 Å². The van der Waals surface area contributed by atoms with Crippen molar-refractivity contribution in [1.29, 1.82) is 0 Å². The summed E-state index contributed by atoms with van der Waals surface area (Å²) in [5, 5.41) is 18.9. The summed E-state index contributed by atoms with van der Waals surface area (Å²) in [7, 11) is 0. The summed E-state index contributed by atoms with van der Waals surface area (Å²) in [5.74, 6) is 7.14. The van der Waals surface area contributed by atoms with E-state index < -0.39 is 12.1 Å². The number of amides is 1. The highest BCUT2D eigenvalue weighted by Gasteiger charge is 2.28.